The number of rotatable bonds is 2. The van der Waals surface area contributed by atoms with Crippen LogP contribution in [0.1, 0.15) is 32.6 Å². The summed E-state index contributed by atoms with van der Waals surface area (Å²) >= 11 is 3.45. The molecule has 0 unspecified atom stereocenters. The average Bonchev–Trinajstić information content (AvgIpc) is 2.29. The molecular weight excluding hydrogens is 276 g/mol. The van der Waals surface area contributed by atoms with Crippen molar-refractivity contribution in [1.29, 1.82) is 0 Å². The van der Waals surface area contributed by atoms with E-state index in [1.54, 1.807) is 0 Å². The summed E-state index contributed by atoms with van der Waals surface area (Å²) in [5, 5.41) is 0. The molecule has 1 aliphatic rings. The largest absolute Gasteiger partial charge is 0.397 e. The zero-order valence-electron chi connectivity index (χ0n) is 10.6. The molecule has 17 heavy (non-hydrogen) atoms. The molecule has 0 heterocycles. The van der Waals surface area contributed by atoms with Gasteiger partial charge in [-0.2, -0.15) is 0 Å². The smallest absolute Gasteiger partial charge is 0.0600 e. The first-order valence-corrected chi connectivity index (χ1v) is 7.15. The Labute approximate surface area is 112 Å². The van der Waals surface area contributed by atoms with Crippen LogP contribution in [0.25, 0.3) is 0 Å². The summed E-state index contributed by atoms with van der Waals surface area (Å²) in [5.41, 5.74) is 8.11. The minimum Gasteiger partial charge on any atom is -0.397 e. The zero-order chi connectivity index (χ0) is 12.4. The summed E-state index contributed by atoms with van der Waals surface area (Å²) in [6.07, 6.45) is 5.25. The quantitative estimate of drug-likeness (QED) is 0.835. The predicted octanol–water partition coefficient (Wildman–Crippen LogP) is 4.05. The van der Waals surface area contributed by atoms with Crippen molar-refractivity contribution in [1.82, 2.24) is 0 Å². The molecule has 2 rings (SSSR count). The van der Waals surface area contributed by atoms with Crippen molar-refractivity contribution in [3.8, 4) is 0 Å². The van der Waals surface area contributed by atoms with E-state index in [-0.39, 0.29) is 0 Å². The molecule has 0 aliphatic heterocycles. The van der Waals surface area contributed by atoms with Crippen molar-refractivity contribution in [2.24, 2.45) is 5.92 Å². The van der Waals surface area contributed by atoms with Gasteiger partial charge in [-0.05, 0) is 49.8 Å². The number of halogens is 1. The summed E-state index contributed by atoms with van der Waals surface area (Å²) in [5.74, 6) is 0.891. The first-order valence-electron chi connectivity index (χ1n) is 6.36. The molecule has 2 nitrogen and oxygen atoms in total. The number of benzene rings is 1. The molecule has 0 amide bonds. The summed E-state index contributed by atoms with van der Waals surface area (Å²) in [7, 11) is 2.17. The molecule has 94 valence electrons. The summed E-state index contributed by atoms with van der Waals surface area (Å²) in [6.45, 7) is 2.35. The standard InChI is InChI=1S/C14H21BrN2/c1-10-3-6-12(7-4-10)17(2)14-8-5-11(15)9-13(14)16/h5,8-10,12H,3-4,6-7,16H2,1-2H3. The Hall–Kier alpha value is -0.700. The van der Waals surface area contributed by atoms with Gasteiger partial charge in [0.15, 0.2) is 0 Å². The van der Waals surface area contributed by atoms with Crippen molar-refractivity contribution in [3.63, 3.8) is 0 Å². The van der Waals surface area contributed by atoms with Crippen LogP contribution < -0.4 is 10.6 Å². The predicted molar refractivity (Wildman–Crippen MR) is 78.4 cm³/mol. The maximum Gasteiger partial charge on any atom is 0.0600 e. The Morgan fingerprint density at radius 1 is 1.24 bits per heavy atom. The number of nitrogens with zero attached hydrogens (tertiary/aromatic N) is 1. The lowest BCUT2D eigenvalue weighted by Crippen LogP contribution is -2.35. The van der Waals surface area contributed by atoms with E-state index in [9.17, 15) is 0 Å². The van der Waals surface area contributed by atoms with E-state index in [1.165, 1.54) is 25.7 Å². The molecule has 0 spiro atoms. The fourth-order valence-corrected chi connectivity index (χ4v) is 3.05. The first-order chi connectivity index (χ1) is 8.08. The SMILES string of the molecule is CC1CCC(N(C)c2ccc(Br)cc2N)CC1. The van der Waals surface area contributed by atoms with Gasteiger partial charge in [0, 0.05) is 17.6 Å². The highest BCUT2D eigenvalue weighted by Gasteiger charge is 2.22. The monoisotopic (exact) mass is 296 g/mol. The normalized spacial score (nSPS) is 24.6. The van der Waals surface area contributed by atoms with E-state index in [0.717, 1.165) is 21.8 Å². The molecule has 3 heteroatoms. The molecule has 0 bridgehead atoms. The van der Waals surface area contributed by atoms with Crippen molar-refractivity contribution in [2.75, 3.05) is 17.7 Å². The van der Waals surface area contributed by atoms with Gasteiger partial charge in [0.25, 0.3) is 0 Å². The van der Waals surface area contributed by atoms with Crippen molar-refractivity contribution in [3.05, 3.63) is 22.7 Å². The Morgan fingerprint density at radius 3 is 2.47 bits per heavy atom. The van der Waals surface area contributed by atoms with Crippen LogP contribution in [0.5, 0.6) is 0 Å². The third-order valence-electron chi connectivity index (χ3n) is 3.90. The number of hydrogen-bond acceptors (Lipinski definition) is 2. The van der Waals surface area contributed by atoms with E-state index in [1.807, 2.05) is 6.07 Å². The van der Waals surface area contributed by atoms with Gasteiger partial charge in [-0.1, -0.05) is 22.9 Å². The van der Waals surface area contributed by atoms with Crippen LogP contribution in [-0.4, -0.2) is 13.1 Å². The van der Waals surface area contributed by atoms with Crippen molar-refractivity contribution < 1.29 is 0 Å². The van der Waals surface area contributed by atoms with Crippen molar-refractivity contribution >= 4 is 27.3 Å². The van der Waals surface area contributed by atoms with Gasteiger partial charge in [-0.25, -0.2) is 0 Å². The Morgan fingerprint density at radius 2 is 1.88 bits per heavy atom. The molecule has 2 N–H and O–H groups in total. The van der Waals surface area contributed by atoms with Crippen LogP contribution in [0.2, 0.25) is 0 Å². The van der Waals surface area contributed by atoms with Crippen LogP contribution >= 0.6 is 15.9 Å². The van der Waals surface area contributed by atoms with Gasteiger partial charge >= 0.3 is 0 Å². The Bertz CT molecular complexity index is 384. The second-order valence-corrected chi connectivity index (χ2v) is 6.14. The lowest BCUT2D eigenvalue weighted by Gasteiger charge is -2.35. The minimum atomic E-state index is 0.648. The fraction of sp³-hybridized carbons (Fsp3) is 0.571. The van der Waals surface area contributed by atoms with Crippen LogP contribution in [0, 0.1) is 5.92 Å². The molecule has 1 aromatic rings. The molecule has 1 aromatic carbocycles. The first kappa shape index (κ1) is 12.7. The number of hydrogen-bond donors (Lipinski definition) is 1. The minimum absolute atomic E-state index is 0.648. The van der Waals surface area contributed by atoms with E-state index in [0.29, 0.717) is 6.04 Å². The molecular formula is C14H21BrN2. The molecule has 0 atom stereocenters. The lowest BCUT2D eigenvalue weighted by molar-refractivity contribution is 0.341. The number of nitrogens with two attached hydrogens (primary N) is 1. The Balaban J connectivity index is 2.11. The maximum absolute atomic E-state index is 6.08. The van der Waals surface area contributed by atoms with Gasteiger partial charge in [-0.3, -0.25) is 0 Å². The van der Waals surface area contributed by atoms with Crippen LogP contribution in [0.3, 0.4) is 0 Å². The Kier molecular flexibility index (Phi) is 3.97. The summed E-state index contributed by atoms with van der Waals surface area (Å²) in [6, 6.07) is 6.80. The molecule has 0 saturated heterocycles. The fourth-order valence-electron chi connectivity index (χ4n) is 2.67. The van der Waals surface area contributed by atoms with Gasteiger partial charge in [0.05, 0.1) is 11.4 Å². The molecule has 0 radical (unpaired) electrons. The van der Waals surface area contributed by atoms with Gasteiger partial charge in [0.1, 0.15) is 0 Å². The molecule has 0 aromatic heterocycles. The topological polar surface area (TPSA) is 29.3 Å². The van der Waals surface area contributed by atoms with E-state index in [2.05, 4.69) is 46.9 Å². The number of nitrogen functional groups attached to an aromatic ring is 1. The van der Waals surface area contributed by atoms with Crippen LogP contribution in [-0.2, 0) is 0 Å². The third-order valence-corrected chi connectivity index (χ3v) is 4.40. The van der Waals surface area contributed by atoms with Gasteiger partial charge in [0.2, 0.25) is 0 Å². The third kappa shape index (κ3) is 2.95. The zero-order valence-corrected chi connectivity index (χ0v) is 12.2. The van der Waals surface area contributed by atoms with Gasteiger partial charge < -0.3 is 10.6 Å². The van der Waals surface area contributed by atoms with Gasteiger partial charge in [-0.15, -0.1) is 0 Å². The van der Waals surface area contributed by atoms with Crippen molar-refractivity contribution in [2.45, 2.75) is 38.6 Å². The second kappa shape index (κ2) is 5.30. The summed E-state index contributed by atoms with van der Waals surface area (Å²) < 4.78 is 1.05. The van der Waals surface area contributed by atoms with E-state index >= 15 is 0 Å². The van der Waals surface area contributed by atoms with Crippen LogP contribution in [0.4, 0.5) is 11.4 Å². The molecule has 1 saturated carbocycles. The lowest BCUT2D eigenvalue weighted by atomic mass is 9.86. The highest BCUT2D eigenvalue weighted by Crippen LogP contribution is 2.32. The highest BCUT2D eigenvalue weighted by molar-refractivity contribution is 9.10. The molecule has 1 aliphatic carbocycles. The highest BCUT2D eigenvalue weighted by atomic mass is 79.9. The van der Waals surface area contributed by atoms with E-state index < -0.39 is 0 Å². The van der Waals surface area contributed by atoms with Crippen LogP contribution in [0.15, 0.2) is 22.7 Å². The molecule has 1 fully saturated rings. The maximum atomic E-state index is 6.08. The second-order valence-electron chi connectivity index (χ2n) is 5.23. The average molecular weight is 297 g/mol. The number of anilines is 2. The summed E-state index contributed by atoms with van der Waals surface area (Å²) in [4.78, 5) is 2.35. The van der Waals surface area contributed by atoms with E-state index in [4.69, 9.17) is 5.73 Å².